The summed E-state index contributed by atoms with van der Waals surface area (Å²) in [5.74, 6) is -0.0485. The third kappa shape index (κ3) is 4.52. The minimum atomic E-state index is -3.81. The highest BCUT2D eigenvalue weighted by Gasteiger charge is 2.16. The van der Waals surface area contributed by atoms with Crippen molar-refractivity contribution in [2.45, 2.75) is 17.0 Å². The van der Waals surface area contributed by atoms with Crippen molar-refractivity contribution >= 4 is 55.4 Å². The molecule has 14 heteroatoms. The van der Waals surface area contributed by atoms with Crippen LogP contribution in [0.3, 0.4) is 0 Å². The van der Waals surface area contributed by atoms with Crippen LogP contribution in [0.1, 0.15) is 5.01 Å². The largest absolute Gasteiger partial charge is 0.382 e. The van der Waals surface area contributed by atoms with Crippen LogP contribution >= 0.6 is 23.1 Å². The molecule has 0 aliphatic heterocycles. The zero-order chi connectivity index (χ0) is 20.3. The van der Waals surface area contributed by atoms with E-state index in [9.17, 15) is 13.2 Å². The summed E-state index contributed by atoms with van der Waals surface area (Å²) >= 11 is 2.36. The van der Waals surface area contributed by atoms with Gasteiger partial charge in [0.15, 0.2) is 16.7 Å². The Bertz CT molecular complexity index is 1190. The lowest BCUT2D eigenvalue weighted by molar-refractivity contribution is 0.601. The van der Waals surface area contributed by atoms with Gasteiger partial charge >= 0.3 is 0 Å². The molecular formula is C14H14N8O3S3. The molecule has 0 aliphatic carbocycles. The van der Waals surface area contributed by atoms with Crippen molar-refractivity contribution < 1.29 is 8.42 Å². The van der Waals surface area contributed by atoms with Gasteiger partial charge in [-0.2, -0.15) is 5.11 Å². The van der Waals surface area contributed by atoms with E-state index in [2.05, 4.69) is 35.1 Å². The second-order valence-corrected chi connectivity index (χ2v) is 8.89. The zero-order valence-corrected chi connectivity index (χ0v) is 17.0. The molecule has 1 aromatic carbocycles. The average Bonchev–Trinajstić information content (AvgIpc) is 3.05. The lowest BCUT2D eigenvalue weighted by atomic mass is 10.3. The number of aryl methyl sites for hydroxylation is 1. The maximum absolute atomic E-state index is 12.4. The smallest absolute Gasteiger partial charge is 0.281 e. The van der Waals surface area contributed by atoms with Crippen LogP contribution in [0.25, 0.3) is 0 Å². The predicted molar refractivity (Wildman–Crippen MR) is 107 cm³/mol. The highest BCUT2D eigenvalue weighted by Crippen LogP contribution is 2.23. The first kappa shape index (κ1) is 19.9. The molecule has 0 bridgehead atoms. The second-order valence-electron chi connectivity index (χ2n) is 5.23. The lowest BCUT2D eigenvalue weighted by Gasteiger charge is -2.04. The maximum Gasteiger partial charge on any atom is 0.281 e. The standard InChI is InChI=1S/C14H14N8O3S3/c1-7-18-21-14(27-7)22-28(24,25)9-5-3-8(4-6-9)19-20-10-11(15)16-13(26-2)17-12(10)23/h3-6H,1-2H3,(H,21,22)(H3,15,16,17,23). The molecule has 28 heavy (non-hydrogen) atoms. The Morgan fingerprint density at radius 1 is 1.21 bits per heavy atom. The van der Waals surface area contributed by atoms with Gasteiger partial charge in [-0.1, -0.05) is 23.1 Å². The number of azo groups is 1. The number of nitrogens with one attached hydrogen (secondary N) is 2. The molecule has 0 radical (unpaired) electrons. The van der Waals surface area contributed by atoms with Crippen LogP contribution in [0.15, 0.2) is 49.3 Å². The Kier molecular flexibility index (Phi) is 5.71. The lowest BCUT2D eigenvalue weighted by Crippen LogP contribution is -2.12. The number of H-pyrrole nitrogens is 1. The normalized spacial score (nSPS) is 11.8. The van der Waals surface area contributed by atoms with Gasteiger partial charge < -0.3 is 5.73 Å². The van der Waals surface area contributed by atoms with Crippen LogP contribution in [-0.2, 0) is 10.0 Å². The first-order chi connectivity index (χ1) is 13.3. The highest BCUT2D eigenvalue weighted by molar-refractivity contribution is 7.98. The van der Waals surface area contributed by atoms with Crippen molar-refractivity contribution in [1.29, 1.82) is 0 Å². The Balaban J connectivity index is 1.79. The van der Waals surface area contributed by atoms with Gasteiger partial charge in [-0.25, -0.2) is 13.4 Å². The molecule has 3 aromatic rings. The summed E-state index contributed by atoms with van der Waals surface area (Å²) in [5, 5.41) is 16.4. The Morgan fingerprint density at radius 3 is 2.50 bits per heavy atom. The van der Waals surface area contributed by atoms with E-state index in [4.69, 9.17) is 5.73 Å². The molecule has 0 amide bonds. The van der Waals surface area contributed by atoms with Crippen LogP contribution in [-0.4, -0.2) is 34.8 Å². The van der Waals surface area contributed by atoms with Crippen LogP contribution in [0, 0.1) is 6.92 Å². The van der Waals surface area contributed by atoms with Gasteiger partial charge in [0.25, 0.3) is 15.6 Å². The minimum Gasteiger partial charge on any atom is -0.382 e. The number of hydrogen-bond acceptors (Lipinski definition) is 11. The monoisotopic (exact) mass is 438 g/mol. The Hall–Kier alpha value is -2.84. The average molecular weight is 439 g/mol. The summed E-state index contributed by atoms with van der Waals surface area (Å²) in [6, 6.07) is 5.59. The van der Waals surface area contributed by atoms with E-state index in [0.29, 0.717) is 15.9 Å². The molecule has 0 atom stereocenters. The van der Waals surface area contributed by atoms with E-state index in [-0.39, 0.29) is 21.5 Å². The van der Waals surface area contributed by atoms with Crippen LogP contribution < -0.4 is 16.0 Å². The Morgan fingerprint density at radius 2 is 1.93 bits per heavy atom. The summed E-state index contributed by atoms with van der Waals surface area (Å²) in [6.07, 6.45) is 1.75. The number of aromatic amines is 1. The van der Waals surface area contributed by atoms with Crippen molar-refractivity contribution in [1.82, 2.24) is 20.2 Å². The Labute approximate surface area is 167 Å². The van der Waals surface area contributed by atoms with E-state index in [1.165, 1.54) is 36.0 Å². The number of sulfonamides is 1. The number of hydrogen-bond donors (Lipinski definition) is 3. The van der Waals surface area contributed by atoms with E-state index in [1.54, 1.807) is 13.2 Å². The van der Waals surface area contributed by atoms with Gasteiger partial charge in [-0.15, -0.1) is 15.3 Å². The molecule has 0 unspecified atom stereocenters. The van der Waals surface area contributed by atoms with Crippen molar-refractivity contribution in [2.75, 3.05) is 16.7 Å². The summed E-state index contributed by atoms with van der Waals surface area (Å²) in [7, 11) is -3.81. The van der Waals surface area contributed by atoms with Gasteiger partial charge in [0, 0.05) is 0 Å². The minimum absolute atomic E-state index is 0.0163. The molecule has 2 heterocycles. The van der Waals surface area contributed by atoms with E-state index in [0.717, 1.165) is 11.3 Å². The van der Waals surface area contributed by atoms with Crippen molar-refractivity contribution in [3.63, 3.8) is 0 Å². The third-order valence-corrected chi connectivity index (χ3v) is 6.07. The molecule has 0 saturated carbocycles. The molecule has 0 fully saturated rings. The SMILES string of the molecule is CSc1nc(N)c(N=Nc2ccc(S(=O)(=O)Nc3nnc(C)s3)cc2)c(=O)[nH]1. The van der Waals surface area contributed by atoms with Gasteiger partial charge in [0.1, 0.15) is 5.01 Å². The molecule has 11 nitrogen and oxygen atoms in total. The van der Waals surface area contributed by atoms with Crippen molar-refractivity contribution in [3.05, 3.63) is 39.6 Å². The number of thioether (sulfide) groups is 1. The summed E-state index contributed by atoms with van der Waals surface area (Å²) in [6.45, 7) is 1.72. The molecule has 4 N–H and O–H groups in total. The molecule has 0 spiro atoms. The van der Waals surface area contributed by atoms with E-state index >= 15 is 0 Å². The molecule has 3 rings (SSSR count). The molecule has 0 saturated heterocycles. The number of anilines is 2. The van der Waals surface area contributed by atoms with Gasteiger partial charge in [-0.05, 0) is 37.4 Å². The number of nitrogens with two attached hydrogens (primary N) is 1. The predicted octanol–water partition coefficient (Wildman–Crippen LogP) is 2.45. The number of benzene rings is 1. The fourth-order valence-electron chi connectivity index (χ4n) is 1.97. The topological polar surface area (TPSA) is 168 Å². The number of nitrogens with zero attached hydrogens (tertiary/aromatic N) is 5. The second kappa shape index (κ2) is 8.04. The highest BCUT2D eigenvalue weighted by atomic mass is 32.2. The van der Waals surface area contributed by atoms with Crippen LogP contribution in [0.2, 0.25) is 0 Å². The first-order valence-electron chi connectivity index (χ1n) is 7.57. The van der Waals surface area contributed by atoms with Gasteiger partial charge in [0.05, 0.1) is 10.6 Å². The maximum atomic E-state index is 12.4. The van der Waals surface area contributed by atoms with Gasteiger partial charge in [0.2, 0.25) is 5.13 Å². The summed E-state index contributed by atoms with van der Waals surface area (Å²) < 4.78 is 27.1. The molecule has 2 aromatic heterocycles. The molecular weight excluding hydrogens is 424 g/mol. The third-order valence-electron chi connectivity index (χ3n) is 3.25. The van der Waals surface area contributed by atoms with E-state index in [1.807, 2.05) is 0 Å². The molecule has 146 valence electrons. The number of aromatic nitrogens is 4. The summed E-state index contributed by atoms with van der Waals surface area (Å²) in [4.78, 5) is 18.5. The number of nitrogen functional groups attached to an aromatic ring is 1. The molecule has 0 aliphatic rings. The van der Waals surface area contributed by atoms with Crippen LogP contribution in [0.4, 0.5) is 22.3 Å². The fraction of sp³-hybridized carbons (Fsp3) is 0.143. The van der Waals surface area contributed by atoms with Crippen molar-refractivity contribution in [2.24, 2.45) is 10.2 Å². The first-order valence-corrected chi connectivity index (χ1v) is 11.1. The van der Waals surface area contributed by atoms with Crippen molar-refractivity contribution in [3.8, 4) is 0 Å². The quantitative estimate of drug-likeness (QED) is 0.299. The van der Waals surface area contributed by atoms with E-state index < -0.39 is 15.6 Å². The van der Waals surface area contributed by atoms with Gasteiger partial charge in [-0.3, -0.25) is 14.5 Å². The number of rotatable bonds is 6. The summed E-state index contributed by atoms with van der Waals surface area (Å²) in [5.41, 5.74) is 5.41. The fourth-order valence-corrected chi connectivity index (χ4v) is 4.17. The zero-order valence-electron chi connectivity index (χ0n) is 14.6. The van der Waals surface area contributed by atoms with Crippen LogP contribution in [0.5, 0.6) is 0 Å².